The highest BCUT2D eigenvalue weighted by Gasteiger charge is 2.35. The maximum atomic E-state index is 10.2. The molecular formula is C20H22N6O. The Morgan fingerprint density at radius 2 is 1.93 bits per heavy atom. The molecule has 2 unspecified atom stereocenters. The fourth-order valence-corrected chi connectivity index (χ4v) is 3.67. The van der Waals surface area contributed by atoms with Crippen molar-refractivity contribution in [1.29, 1.82) is 0 Å². The number of aromatic nitrogens is 4. The van der Waals surface area contributed by atoms with Crippen LogP contribution in [-0.2, 0) is 0 Å². The number of rotatable bonds is 4. The first-order valence-electron chi connectivity index (χ1n) is 9.37. The Balaban J connectivity index is 1.50. The van der Waals surface area contributed by atoms with Gasteiger partial charge in [-0.15, -0.1) is 0 Å². The van der Waals surface area contributed by atoms with E-state index >= 15 is 0 Å². The van der Waals surface area contributed by atoms with Crippen molar-refractivity contribution in [2.75, 3.05) is 0 Å². The fraction of sp³-hybridized carbons (Fsp3) is 0.350. The summed E-state index contributed by atoms with van der Waals surface area (Å²) in [6.45, 7) is 2.04. The number of nitrogens with zero attached hydrogens (tertiary/aromatic N) is 4. The molecule has 0 amide bonds. The molecule has 1 saturated carbocycles. The molecule has 1 saturated heterocycles. The Morgan fingerprint density at radius 3 is 2.70 bits per heavy atom. The third kappa shape index (κ3) is 2.98. The number of pyridine rings is 1. The molecule has 2 aliphatic rings. The Morgan fingerprint density at radius 1 is 1.11 bits per heavy atom. The van der Waals surface area contributed by atoms with Crippen LogP contribution in [0.4, 0.5) is 0 Å². The summed E-state index contributed by atoms with van der Waals surface area (Å²) in [7, 11) is 0. The lowest BCUT2D eigenvalue weighted by molar-refractivity contribution is 0.453. The summed E-state index contributed by atoms with van der Waals surface area (Å²) in [5.74, 6) is 2.61. The summed E-state index contributed by atoms with van der Waals surface area (Å²) in [6.07, 6.45) is 6.74. The number of para-hydroxylation sites is 1. The molecule has 2 atom stereocenters. The molecule has 0 spiro atoms. The second kappa shape index (κ2) is 6.44. The molecule has 0 radical (unpaired) electrons. The number of aryl methyl sites for hydroxylation is 1. The van der Waals surface area contributed by atoms with Gasteiger partial charge in [0.25, 0.3) is 0 Å². The van der Waals surface area contributed by atoms with Crippen molar-refractivity contribution in [3.63, 3.8) is 0 Å². The van der Waals surface area contributed by atoms with Gasteiger partial charge in [-0.05, 0) is 43.9 Å². The van der Waals surface area contributed by atoms with Gasteiger partial charge in [0.2, 0.25) is 0 Å². The van der Waals surface area contributed by atoms with Crippen LogP contribution < -0.4 is 10.9 Å². The van der Waals surface area contributed by atoms with Crippen LogP contribution in [0, 0.1) is 6.92 Å². The Bertz CT molecular complexity index is 980. The van der Waals surface area contributed by atoms with Crippen LogP contribution in [0.1, 0.15) is 60.0 Å². The molecule has 1 aliphatic heterocycles. The van der Waals surface area contributed by atoms with E-state index in [1.807, 2.05) is 42.1 Å². The molecule has 5 rings (SSSR count). The van der Waals surface area contributed by atoms with Crippen LogP contribution in [0.25, 0.3) is 5.69 Å². The van der Waals surface area contributed by atoms with E-state index in [1.165, 1.54) is 0 Å². The maximum Gasteiger partial charge on any atom is 0.154 e. The predicted molar refractivity (Wildman–Crippen MR) is 100 cm³/mol. The van der Waals surface area contributed by atoms with Gasteiger partial charge in [-0.25, -0.2) is 20.5 Å². The molecule has 3 heterocycles. The number of nitrogens with one attached hydrogen (secondary N) is 2. The van der Waals surface area contributed by atoms with Crippen molar-refractivity contribution >= 4 is 0 Å². The van der Waals surface area contributed by atoms with Gasteiger partial charge < -0.3 is 5.11 Å². The van der Waals surface area contributed by atoms with Gasteiger partial charge in [-0.1, -0.05) is 18.2 Å². The summed E-state index contributed by atoms with van der Waals surface area (Å²) in [5, 5.41) is 15.0. The van der Waals surface area contributed by atoms with Gasteiger partial charge in [0, 0.05) is 23.9 Å². The topological polar surface area (TPSA) is 87.9 Å². The standard InChI is InChI=1S/C20H22N6O/c1-12-11-21-9-8-17(12)26-20(22-19(25-26)13-6-7-13)16-10-15(23-24-16)14-4-2-3-5-18(14)27/h2-5,8-9,11,13,15-16,23-24,27H,6-7,10H2,1H3. The monoisotopic (exact) mass is 362 g/mol. The van der Waals surface area contributed by atoms with Gasteiger partial charge in [-0.2, -0.15) is 5.10 Å². The van der Waals surface area contributed by atoms with Crippen molar-refractivity contribution in [3.05, 3.63) is 65.5 Å². The first-order chi connectivity index (χ1) is 13.2. The second-order valence-electron chi connectivity index (χ2n) is 7.36. The number of phenols is 1. The van der Waals surface area contributed by atoms with Crippen molar-refractivity contribution in [2.24, 2.45) is 0 Å². The maximum absolute atomic E-state index is 10.2. The van der Waals surface area contributed by atoms with Crippen molar-refractivity contribution in [2.45, 2.75) is 44.2 Å². The molecule has 2 aromatic heterocycles. The van der Waals surface area contributed by atoms with Crippen LogP contribution in [0.5, 0.6) is 5.75 Å². The van der Waals surface area contributed by atoms with Crippen molar-refractivity contribution < 1.29 is 5.11 Å². The lowest BCUT2D eigenvalue weighted by Gasteiger charge is -2.13. The molecule has 2 fully saturated rings. The third-order valence-corrected chi connectivity index (χ3v) is 5.34. The normalized spacial score (nSPS) is 22.3. The average Bonchev–Trinajstić information content (AvgIpc) is 3.25. The number of aromatic hydroxyl groups is 1. The van der Waals surface area contributed by atoms with Gasteiger partial charge in [0.15, 0.2) is 11.6 Å². The highest BCUT2D eigenvalue weighted by molar-refractivity contribution is 5.39. The highest BCUT2D eigenvalue weighted by Crippen LogP contribution is 2.40. The number of hydrazine groups is 1. The molecule has 27 heavy (non-hydrogen) atoms. The molecule has 1 aliphatic carbocycles. The third-order valence-electron chi connectivity index (χ3n) is 5.34. The smallest absolute Gasteiger partial charge is 0.154 e. The molecular weight excluding hydrogens is 340 g/mol. The molecule has 3 N–H and O–H groups in total. The van der Waals surface area contributed by atoms with Crippen LogP contribution in [0.3, 0.4) is 0 Å². The molecule has 1 aromatic carbocycles. The Labute approximate surface area is 157 Å². The van der Waals surface area contributed by atoms with E-state index in [1.54, 1.807) is 12.3 Å². The van der Waals surface area contributed by atoms with Crippen LogP contribution in [0.2, 0.25) is 0 Å². The zero-order valence-electron chi connectivity index (χ0n) is 15.1. The largest absolute Gasteiger partial charge is 0.508 e. The molecule has 7 heteroatoms. The number of benzene rings is 1. The molecule has 3 aromatic rings. The molecule has 0 bridgehead atoms. The van der Waals surface area contributed by atoms with Crippen LogP contribution in [-0.4, -0.2) is 24.9 Å². The number of hydrogen-bond donors (Lipinski definition) is 3. The highest BCUT2D eigenvalue weighted by atomic mass is 16.3. The fourth-order valence-electron chi connectivity index (χ4n) is 3.67. The van der Waals surface area contributed by atoms with E-state index in [-0.39, 0.29) is 12.1 Å². The summed E-state index contributed by atoms with van der Waals surface area (Å²) in [5.41, 5.74) is 9.62. The number of hydrogen-bond acceptors (Lipinski definition) is 6. The van der Waals surface area contributed by atoms with Gasteiger partial charge in [0.1, 0.15) is 5.75 Å². The molecule has 138 valence electrons. The van der Waals surface area contributed by atoms with Crippen molar-refractivity contribution in [1.82, 2.24) is 30.6 Å². The minimum absolute atomic E-state index is 0.00201. The predicted octanol–water partition coefficient (Wildman–Crippen LogP) is 2.83. The minimum Gasteiger partial charge on any atom is -0.508 e. The summed E-state index contributed by atoms with van der Waals surface area (Å²) >= 11 is 0. The Kier molecular flexibility index (Phi) is 3.91. The Hall–Kier alpha value is -2.77. The van der Waals surface area contributed by atoms with E-state index in [4.69, 9.17) is 10.1 Å². The van der Waals surface area contributed by atoms with Crippen LogP contribution in [0.15, 0.2) is 42.7 Å². The first-order valence-corrected chi connectivity index (χ1v) is 9.37. The van der Waals surface area contributed by atoms with Gasteiger partial charge in [0.05, 0.1) is 17.8 Å². The molecule has 7 nitrogen and oxygen atoms in total. The van der Waals surface area contributed by atoms with E-state index in [9.17, 15) is 5.11 Å². The van der Waals surface area contributed by atoms with E-state index in [0.29, 0.717) is 11.7 Å². The van der Waals surface area contributed by atoms with Gasteiger partial charge in [-0.3, -0.25) is 4.98 Å². The summed E-state index contributed by atoms with van der Waals surface area (Å²) < 4.78 is 1.96. The summed E-state index contributed by atoms with van der Waals surface area (Å²) in [4.78, 5) is 9.08. The zero-order chi connectivity index (χ0) is 18.4. The van der Waals surface area contributed by atoms with E-state index < -0.39 is 0 Å². The minimum atomic E-state index is 0.00201. The first kappa shape index (κ1) is 16.4. The number of phenolic OH excluding ortho intramolecular Hbond substituents is 1. The summed E-state index contributed by atoms with van der Waals surface area (Å²) in [6, 6.07) is 9.45. The quantitative estimate of drug-likeness (QED) is 0.661. The lowest BCUT2D eigenvalue weighted by atomic mass is 10.0. The van der Waals surface area contributed by atoms with Crippen LogP contribution >= 0.6 is 0 Å². The van der Waals surface area contributed by atoms with E-state index in [0.717, 1.165) is 47.7 Å². The van der Waals surface area contributed by atoms with Gasteiger partial charge >= 0.3 is 0 Å². The van der Waals surface area contributed by atoms with E-state index in [2.05, 4.69) is 15.8 Å². The lowest BCUT2D eigenvalue weighted by Crippen LogP contribution is -2.28. The second-order valence-corrected chi connectivity index (χ2v) is 7.36. The zero-order valence-corrected chi connectivity index (χ0v) is 15.1. The SMILES string of the molecule is Cc1cnccc1-n1nc(C2CC2)nc1C1CC(c2ccccc2O)NN1. The average molecular weight is 362 g/mol. The van der Waals surface area contributed by atoms with Crippen molar-refractivity contribution in [3.8, 4) is 11.4 Å².